The molecular weight excluding hydrogens is 1130 g/mol. The highest BCUT2D eigenvalue weighted by Gasteiger charge is 2.44. The van der Waals surface area contributed by atoms with E-state index in [2.05, 4.69) is 132 Å². The number of ether oxygens (including phenoxy) is 2. The fourth-order valence-electron chi connectivity index (χ4n) is 9.99. The van der Waals surface area contributed by atoms with Crippen LogP contribution in [0.3, 0.4) is 0 Å². The molecule has 6 rings (SSSR count). The Bertz CT molecular complexity index is 2640. The van der Waals surface area contributed by atoms with Crippen LogP contribution in [0.1, 0.15) is 184 Å². The summed E-state index contributed by atoms with van der Waals surface area (Å²) in [6, 6.07) is 28.0. The van der Waals surface area contributed by atoms with Crippen LogP contribution in [0.25, 0.3) is 0 Å². The van der Waals surface area contributed by atoms with Gasteiger partial charge in [0.25, 0.3) is 0 Å². The highest BCUT2D eigenvalue weighted by atomic mass is 79.9. The number of allylic oxidation sites excluding steroid dienone is 2. The van der Waals surface area contributed by atoms with Crippen LogP contribution in [0.2, 0.25) is 36.3 Å². The van der Waals surface area contributed by atoms with Gasteiger partial charge in [0.05, 0.1) is 0 Å². The molecule has 0 saturated carbocycles. The minimum Gasteiger partial charge on any atom is -0.489 e. The standard InChI is InChI=1S/C34H47BrO4Si.C33H47BrO3Si/c1-7-8-10-15-25(39-40(5,6)34(2,3)4)16-17-26-29(36)21-24-20-27-30(38-22-23-13-11-9-12-14-23)19-18-28(35)32(27)33(37)31(24)26;1-8-10-12-20-27(37-38(6,7)33(3,4)5)21-15-16-22-30(35)32-28(17-9-2)31(24-23-29(32)34)36-25-26-18-13-11-14-19-26/h9,11-14,18-19,24-25,33,37H,7-8,10,15-17,20-22H2,1-6H3;9,11,13-14,18-19,23-24,27,30,35H,2,8,10,12,15,17,20-21,25H2,1,3-7H3/t24?,25-,33?;27-,30?/m00/s1. The summed E-state index contributed by atoms with van der Waals surface area (Å²) in [4.78, 5) is 13.4. The molecule has 2 aliphatic rings. The van der Waals surface area contributed by atoms with Crippen LogP contribution in [-0.2, 0) is 39.7 Å². The van der Waals surface area contributed by atoms with Gasteiger partial charge in [0, 0.05) is 56.2 Å². The van der Waals surface area contributed by atoms with Gasteiger partial charge in [0.2, 0.25) is 0 Å². The average molecular weight is 1230 g/mol. The van der Waals surface area contributed by atoms with E-state index in [9.17, 15) is 15.0 Å². The van der Waals surface area contributed by atoms with E-state index in [-0.39, 0.29) is 34.0 Å². The van der Waals surface area contributed by atoms with Crippen molar-refractivity contribution in [2.24, 2.45) is 5.92 Å². The lowest BCUT2D eigenvalue weighted by molar-refractivity contribution is -0.115. The molecule has 0 spiro atoms. The summed E-state index contributed by atoms with van der Waals surface area (Å²) in [5.74, 6) is 8.10. The molecule has 0 radical (unpaired) electrons. The normalized spacial score (nSPS) is 16.7. The molecule has 11 heteroatoms. The fraction of sp³-hybridized carbons (Fsp3) is 0.537. The molecule has 2 N–H and O–H groups in total. The van der Waals surface area contributed by atoms with Gasteiger partial charge in [-0.1, -0.05) is 198 Å². The Balaban J connectivity index is 0.000000288. The van der Waals surface area contributed by atoms with Gasteiger partial charge < -0.3 is 28.5 Å². The molecule has 0 fully saturated rings. The number of fused-ring (bicyclic) bond motifs is 2. The zero-order valence-electron chi connectivity index (χ0n) is 49.5. The van der Waals surface area contributed by atoms with E-state index < -0.39 is 28.8 Å². The number of aliphatic hydroxyl groups excluding tert-OH is 2. The lowest BCUT2D eigenvalue weighted by Gasteiger charge is -2.39. The Kier molecular flexibility index (Phi) is 25.5. The van der Waals surface area contributed by atoms with E-state index in [0.29, 0.717) is 45.3 Å². The number of benzene rings is 4. The first-order chi connectivity index (χ1) is 36.9. The third-order valence-corrected chi connectivity index (χ3v) is 27.0. The van der Waals surface area contributed by atoms with Gasteiger partial charge in [-0.05, 0) is 134 Å². The van der Waals surface area contributed by atoms with Gasteiger partial charge in [-0.3, -0.25) is 4.79 Å². The molecule has 2 aliphatic carbocycles. The van der Waals surface area contributed by atoms with Gasteiger partial charge in [-0.2, -0.15) is 0 Å². The van der Waals surface area contributed by atoms with Gasteiger partial charge in [-0.25, -0.2) is 0 Å². The van der Waals surface area contributed by atoms with Crippen molar-refractivity contribution < 1.29 is 33.3 Å². The van der Waals surface area contributed by atoms with Crippen molar-refractivity contribution in [2.45, 2.75) is 226 Å². The first-order valence-corrected chi connectivity index (χ1v) is 36.4. The Morgan fingerprint density at radius 1 is 0.705 bits per heavy atom. The molecule has 0 amide bonds. The molecule has 0 bridgehead atoms. The van der Waals surface area contributed by atoms with Crippen molar-refractivity contribution in [1.82, 2.24) is 0 Å². The molecule has 426 valence electrons. The summed E-state index contributed by atoms with van der Waals surface area (Å²) in [5, 5.41) is 23.2. The summed E-state index contributed by atoms with van der Waals surface area (Å²) in [7, 11) is -3.79. The largest absolute Gasteiger partial charge is 0.489 e. The first-order valence-electron chi connectivity index (χ1n) is 29.0. The number of ketones is 1. The van der Waals surface area contributed by atoms with Gasteiger partial charge in [0.15, 0.2) is 22.4 Å². The number of unbranched alkanes of at least 4 members (excludes halogenated alkanes) is 4. The van der Waals surface area contributed by atoms with Crippen LogP contribution in [0.15, 0.2) is 118 Å². The summed E-state index contributed by atoms with van der Waals surface area (Å²) in [6.07, 6.45) is 14.5. The van der Waals surface area contributed by atoms with Crippen LogP contribution in [-0.4, -0.2) is 44.8 Å². The Morgan fingerprint density at radius 3 is 1.74 bits per heavy atom. The van der Waals surface area contributed by atoms with E-state index in [1.54, 1.807) is 0 Å². The molecule has 4 aromatic rings. The van der Waals surface area contributed by atoms with Gasteiger partial charge in [-0.15, -0.1) is 12.5 Å². The fourth-order valence-corrected chi connectivity index (χ4v) is 14.0. The van der Waals surface area contributed by atoms with E-state index in [1.807, 2.05) is 91.0 Å². The second-order valence-electron chi connectivity index (χ2n) is 24.6. The van der Waals surface area contributed by atoms with Crippen LogP contribution in [0.4, 0.5) is 0 Å². The van der Waals surface area contributed by atoms with Crippen molar-refractivity contribution >= 4 is 54.3 Å². The maximum Gasteiger partial charge on any atom is 0.192 e. The van der Waals surface area contributed by atoms with E-state index in [1.165, 1.54) is 32.1 Å². The monoisotopic (exact) mass is 1220 g/mol. The van der Waals surface area contributed by atoms with Crippen molar-refractivity contribution in [2.75, 3.05) is 0 Å². The van der Waals surface area contributed by atoms with Crippen LogP contribution in [0, 0.1) is 17.8 Å². The molecule has 78 heavy (non-hydrogen) atoms. The number of halogens is 2. The minimum absolute atomic E-state index is 0.0261. The zero-order chi connectivity index (χ0) is 57.3. The Hall–Kier alpha value is -3.58. The Morgan fingerprint density at radius 2 is 1.22 bits per heavy atom. The summed E-state index contributed by atoms with van der Waals surface area (Å²) in [6.45, 7) is 32.3. The number of aliphatic hydroxyl groups is 2. The zero-order valence-corrected chi connectivity index (χ0v) is 54.6. The third-order valence-electron chi connectivity index (χ3n) is 16.5. The smallest absolute Gasteiger partial charge is 0.192 e. The SMILES string of the molecule is C=CCc1c(OCc2ccccc2)ccc(Br)c1C(O)C#CCC[C@H](CCCCC)O[Si](C)(C)C(C)(C)C.CCCCC[C@@H](CCC1=C2C(CC1=O)Cc1c(OCc3ccccc3)ccc(Br)c1C2O)O[Si](C)(C)C(C)(C)C. The number of Topliss-reactive ketones (excluding diaryl/α,β-unsaturated/α-hetero) is 1. The molecule has 0 heterocycles. The summed E-state index contributed by atoms with van der Waals surface area (Å²) >= 11 is 7.33. The second kappa shape index (κ2) is 30.5. The highest BCUT2D eigenvalue weighted by molar-refractivity contribution is 9.10. The van der Waals surface area contributed by atoms with E-state index >= 15 is 0 Å². The number of carbonyl (C=O) groups is 1. The topological polar surface area (TPSA) is 94.5 Å². The van der Waals surface area contributed by atoms with Crippen molar-refractivity contribution in [3.8, 4) is 23.3 Å². The average Bonchev–Trinajstić information content (AvgIpc) is 3.85. The Labute approximate surface area is 490 Å². The maximum absolute atomic E-state index is 13.4. The van der Waals surface area contributed by atoms with Gasteiger partial charge >= 0.3 is 0 Å². The quantitative estimate of drug-likeness (QED) is 0.0280. The summed E-state index contributed by atoms with van der Waals surface area (Å²) in [5.41, 5.74) is 7.48. The molecule has 4 aromatic carbocycles. The predicted molar refractivity (Wildman–Crippen MR) is 336 cm³/mol. The van der Waals surface area contributed by atoms with Crippen LogP contribution < -0.4 is 9.47 Å². The predicted octanol–water partition coefficient (Wildman–Crippen LogP) is 18.8. The van der Waals surface area contributed by atoms with Crippen molar-refractivity contribution in [3.63, 3.8) is 0 Å². The lowest BCUT2D eigenvalue weighted by atomic mass is 9.78. The summed E-state index contributed by atoms with van der Waals surface area (Å²) < 4.78 is 27.7. The molecule has 5 atom stereocenters. The number of hydrogen-bond acceptors (Lipinski definition) is 7. The lowest BCUT2D eigenvalue weighted by Crippen LogP contribution is -2.44. The molecule has 0 saturated heterocycles. The van der Waals surface area contributed by atoms with Crippen molar-refractivity contribution in [1.29, 1.82) is 0 Å². The molecule has 3 unspecified atom stereocenters. The second-order valence-corrected chi connectivity index (χ2v) is 35.8. The number of rotatable bonds is 26. The van der Waals surface area contributed by atoms with Crippen LogP contribution >= 0.6 is 31.9 Å². The van der Waals surface area contributed by atoms with Gasteiger partial charge in [0.1, 0.15) is 36.9 Å². The molecule has 0 aliphatic heterocycles. The number of hydrogen-bond donors (Lipinski definition) is 2. The highest BCUT2D eigenvalue weighted by Crippen LogP contribution is 2.51. The number of carbonyl (C=O) groups excluding carboxylic acids is 1. The first kappa shape index (κ1) is 65.2. The third kappa shape index (κ3) is 18.5. The molecule has 7 nitrogen and oxygen atoms in total. The van der Waals surface area contributed by atoms with E-state index in [4.69, 9.17) is 18.3 Å². The van der Waals surface area contributed by atoms with E-state index in [0.717, 1.165) is 97.1 Å². The maximum atomic E-state index is 13.4. The molecular formula is C67H94Br2O7Si2. The minimum atomic E-state index is -1.93. The van der Waals surface area contributed by atoms with Crippen molar-refractivity contribution in [3.05, 3.63) is 151 Å². The van der Waals surface area contributed by atoms with Crippen LogP contribution in [0.5, 0.6) is 11.5 Å². The molecule has 0 aromatic heterocycles.